The van der Waals surface area contributed by atoms with Gasteiger partial charge in [0, 0.05) is 25.2 Å². The average molecular weight is 250 g/mol. The molecule has 0 spiro atoms. The summed E-state index contributed by atoms with van der Waals surface area (Å²) >= 11 is 0. The molecule has 1 aliphatic rings. The Morgan fingerprint density at radius 2 is 2.17 bits per heavy atom. The van der Waals surface area contributed by atoms with E-state index >= 15 is 0 Å². The van der Waals surface area contributed by atoms with Crippen LogP contribution in [0.2, 0.25) is 0 Å². The normalized spacial score (nSPS) is 19.1. The molecule has 0 aliphatic carbocycles. The minimum atomic E-state index is 0.0450. The topological polar surface area (TPSA) is 50.3 Å². The van der Waals surface area contributed by atoms with Crippen molar-refractivity contribution in [3.8, 4) is 5.88 Å². The van der Waals surface area contributed by atoms with Crippen molar-refractivity contribution in [3.63, 3.8) is 0 Å². The Morgan fingerprint density at radius 1 is 1.39 bits per heavy atom. The smallest absolute Gasteiger partial charge is 0.234 e. The van der Waals surface area contributed by atoms with Crippen LogP contribution in [0, 0.1) is 0 Å². The summed E-state index contributed by atoms with van der Waals surface area (Å²) in [6.45, 7) is 11.2. The van der Waals surface area contributed by atoms with Crippen molar-refractivity contribution in [1.29, 1.82) is 0 Å². The fraction of sp³-hybridized carbons (Fsp3) is 0.692. The lowest BCUT2D eigenvalue weighted by Crippen LogP contribution is -2.58. The number of nitrogens with one attached hydrogen (secondary N) is 1. The van der Waals surface area contributed by atoms with Gasteiger partial charge in [-0.05, 0) is 27.7 Å². The molecule has 2 heterocycles. The van der Waals surface area contributed by atoms with E-state index in [4.69, 9.17) is 4.74 Å². The number of hydrogen-bond acceptors (Lipinski definition) is 5. The van der Waals surface area contributed by atoms with Crippen LogP contribution in [0.3, 0.4) is 0 Å². The second-order valence-corrected chi connectivity index (χ2v) is 5.52. The summed E-state index contributed by atoms with van der Waals surface area (Å²) in [4.78, 5) is 11.1. The SMILES string of the molecule is CC(C)Oc1cncc(N2CCNCC2(C)C)n1. The first-order valence-corrected chi connectivity index (χ1v) is 6.46. The first-order chi connectivity index (χ1) is 8.49. The Balaban J connectivity index is 2.21. The molecule has 18 heavy (non-hydrogen) atoms. The number of anilines is 1. The molecule has 0 bridgehead atoms. The van der Waals surface area contributed by atoms with Gasteiger partial charge in [0.05, 0.1) is 18.5 Å². The van der Waals surface area contributed by atoms with E-state index in [1.165, 1.54) is 0 Å². The standard InChI is InChI=1S/C13H22N4O/c1-10(2)18-12-8-15-7-11(16-12)17-6-5-14-9-13(17,3)4/h7-8,10,14H,5-6,9H2,1-4H3. The van der Waals surface area contributed by atoms with Gasteiger partial charge in [-0.25, -0.2) is 0 Å². The summed E-state index contributed by atoms with van der Waals surface area (Å²) in [6.07, 6.45) is 3.59. The molecule has 0 atom stereocenters. The molecule has 0 amide bonds. The maximum Gasteiger partial charge on any atom is 0.234 e. The van der Waals surface area contributed by atoms with E-state index in [0.717, 1.165) is 25.5 Å². The van der Waals surface area contributed by atoms with Crippen molar-refractivity contribution in [2.45, 2.75) is 39.3 Å². The number of aromatic nitrogens is 2. The Kier molecular flexibility index (Phi) is 3.71. The second-order valence-electron chi connectivity index (χ2n) is 5.52. The molecule has 1 saturated heterocycles. The van der Waals surface area contributed by atoms with Crippen LogP contribution < -0.4 is 15.0 Å². The monoisotopic (exact) mass is 250 g/mol. The van der Waals surface area contributed by atoms with Crippen molar-refractivity contribution in [3.05, 3.63) is 12.4 Å². The Bertz CT molecular complexity index is 406. The van der Waals surface area contributed by atoms with E-state index < -0.39 is 0 Å². The zero-order chi connectivity index (χ0) is 13.2. The molecule has 1 N–H and O–H groups in total. The first kappa shape index (κ1) is 13.1. The van der Waals surface area contributed by atoms with Crippen LogP contribution in [0.25, 0.3) is 0 Å². The molecule has 1 fully saturated rings. The predicted molar refractivity (Wildman–Crippen MR) is 72.1 cm³/mol. The lowest BCUT2D eigenvalue weighted by molar-refractivity contribution is 0.231. The molecule has 0 aromatic carbocycles. The summed E-state index contributed by atoms with van der Waals surface area (Å²) in [5.41, 5.74) is 0.0450. The van der Waals surface area contributed by atoms with Crippen LogP contribution in [-0.2, 0) is 0 Å². The fourth-order valence-corrected chi connectivity index (χ4v) is 2.17. The van der Waals surface area contributed by atoms with Gasteiger partial charge in [0.15, 0.2) is 5.82 Å². The van der Waals surface area contributed by atoms with E-state index in [0.29, 0.717) is 5.88 Å². The summed E-state index contributed by atoms with van der Waals surface area (Å²) in [5.74, 6) is 1.48. The van der Waals surface area contributed by atoms with Gasteiger partial charge in [0.25, 0.3) is 0 Å². The Labute approximate surface area is 109 Å². The highest BCUT2D eigenvalue weighted by Gasteiger charge is 2.30. The molecule has 1 aliphatic heterocycles. The van der Waals surface area contributed by atoms with E-state index in [-0.39, 0.29) is 11.6 Å². The van der Waals surface area contributed by atoms with E-state index in [1.807, 2.05) is 13.8 Å². The molecule has 5 heteroatoms. The van der Waals surface area contributed by atoms with E-state index in [1.54, 1.807) is 12.4 Å². The average Bonchev–Trinajstić information content (AvgIpc) is 2.27. The first-order valence-electron chi connectivity index (χ1n) is 6.46. The highest BCUT2D eigenvalue weighted by atomic mass is 16.5. The van der Waals surface area contributed by atoms with E-state index in [2.05, 4.69) is 34.0 Å². The minimum Gasteiger partial charge on any atom is -0.474 e. The summed E-state index contributed by atoms with van der Waals surface area (Å²) in [7, 11) is 0. The quantitative estimate of drug-likeness (QED) is 0.880. The van der Waals surface area contributed by atoms with Crippen LogP contribution in [0.1, 0.15) is 27.7 Å². The lowest BCUT2D eigenvalue weighted by atomic mass is 10.0. The van der Waals surface area contributed by atoms with Gasteiger partial charge in [-0.15, -0.1) is 0 Å². The van der Waals surface area contributed by atoms with Crippen LogP contribution in [0.4, 0.5) is 5.82 Å². The summed E-state index contributed by atoms with van der Waals surface area (Å²) in [5, 5.41) is 3.40. The van der Waals surface area contributed by atoms with Crippen LogP contribution in [0.15, 0.2) is 12.4 Å². The van der Waals surface area contributed by atoms with Crippen molar-refractivity contribution in [2.24, 2.45) is 0 Å². The zero-order valence-corrected chi connectivity index (χ0v) is 11.6. The maximum atomic E-state index is 5.60. The molecule has 0 saturated carbocycles. The number of rotatable bonds is 3. The molecule has 1 aromatic rings. The van der Waals surface area contributed by atoms with Crippen molar-refractivity contribution in [1.82, 2.24) is 15.3 Å². The van der Waals surface area contributed by atoms with Crippen molar-refractivity contribution < 1.29 is 4.74 Å². The van der Waals surface area contributed by atoms with Gasteiger partial charge in [-0.3, -0.25) is 4.98 Å². The van der Waals surface area contributed by atoms with Gasteiger partial charge in [-0.2, -0.15) is 4.98 Å². The third kappa shape index (κ3) is 2.90. The highest BCUT2D eigenvalue weighted by Crippen LogP contribution is 2.24. The minimum absolute atomic E-state index is 0.0450. The molecule has 5 nitrogen and oxygen atoms in total. The molecule has 100 valence electrons. The number of nitrogens with zero attached hydrogens (tertiary/aromatic N) is 3. The van der Waals surface area contributed by atoms with Crippen LogP contribution >= 0.6 is 0 Å². The van der Waals surface area contributed by atoms with E-state index in [9.17, 15) is 0 Å². The van der Waals surface area contributed by atoms with Crippen LogP contribution in [-0.4, -0.2) is 41.2 Å². The molecule has 1 aromatic heterocycles. The second kappa shape index (κ2) is 5.10. The van der Waals surface area contributed by atoms with Gasteiger partial charge in [-0.1, -0.05) is 0 Å². The molecular weight excluding hydrogens is 228 g/mol. The molecule has 0 radical (unpaired) electrons. The lowest BCUT2D eigenvalue weighted by Gasteiger charge is -2.43. The zero-order valence-electron chi connectivity index (χ0n) is 11.6. The van der Waals surface area contributed by atoms with Gasteiger partial charge in [0.1, 0.15) is 0 Å². The molecule has 0 unspecified atom stereocenters. The summed E-state index contributed by atoms with van der Waals surface area (Å²) < 4.78 is 5.60. The van der Waals surface area contributed by atoms with Gasteiger partial charge < -0.3 is 15.0 Å². The fourth-order valence-electron chi connectivity index (χ4n) is 2.17. The molecular formula is C13H22N4O. The Morgan fingerprint density at radius 3 is 2.83 bits per heavy atom. The third-order valence-corrected chi connectivity index (χ3v) is 3.03. The Hall–Kier alpha value is -1.36. The summed E-state index contributed by atoms with van der Waals surface area (Å²) in [6, 6.07) is 0. The number of piperazine rings is 1. The number of ether oxygens (including phenoxy) is 1. The predicted octanol–water partition coefficient (Wildman–Crippen LogP) is 1.45. The van der Waals surface area contributed by atoms with Crippen LogP contribution in [0.5, 0.6) is 5.88 Å². The van der Waals surface area contributed by atoms with Gasteiger partial charge >= 0.3 is 0 Å². The largest absolute Gasteiger partial charge is 0.474 e. The third-order valence-electron chi connectivity index (χ3n) is 3.03. The van der Waals surface area contributed by atoms with Crippen molar-refractivity contribution >= 4 is 5.82 Å². The number of hydrogen-bond donors (Lipinski definition) is 1. The maximum absolute atomic E-state index is 5.60. The molecule has 2 rings (SSSR count). The highest BCUT2D eigenvalue weighted by molar-refractivity contribution is 5.42. The van der Waals surface area contributed by atoms with Crippen molar-refractivity contribution in [2.75, 3.05) is 24.5 Å². The van der Waals surface area contributed by atoms with Gasteiger partial charge in [0.2, 0.25) is 5.88 Å².